The first-order valence-corrected chi connectivity index (χ1v) is 5.79. The van der Waals surface area contributed by atoms with E-state index in [1.807, 2.05) is 32.8 Å². The van der Waals surface area contributed by atoms with Gasteiger partial charge in [-0.1, -0.05) is 6.92 Å². The Morgan fingerprint density at radius 2 is 1.94 bits per heavy atom. The average Bonchev–Trinajstić information content (AvgIpc) is 2.23. The first-order chi connectivity index (χ1) is 7.88. The Labute approximate surface area is 103 Å². The van der Waals surface area contributed by atoms with E-state index in [-0.39, 0.29) is 18.6 Å². The highest BCUT2D eigenvalue weighted by Gasteiger charge is 2.16. The zero-order valence-electron chi connectivity index (χ0n) is 11.1. The lowest BCUT2D eigenvalue weighted by Gasteiger charge is -2.24. The monoisotopic (exact) mass is 245 g/mol. The van der Waals surface area contributed by atoms with Crippen molar-refractivity contribution in [3.05, 3.63) is 0 Å². The summed E-state index contributed by atoms with van der Waals surface area (Å²) in [5, 5.41) is 11.4. The zero-order chi connectivity index (χ0) is 13.4. The van der Waals surface area contributed by atoms with Crippen molar-refractivity contribution in [2.75, 3.05) is 33.7 Å². The summed E-state index contributed by atoms with van der Waals surface area (Å²) in [6.45, 7) is 4.60. The van der Waals surface area contributed by atoms with Crippen LogP contribution in [0.5, 0.6) is 0 Å². The van der Waals surface area contributed by atoms with Gasteiger partial charge in [-0.3, -0.25) is 4.79 Å². The molecule has 17 heavy (non-hydrogen) atoms. The lowest BCUT2D eigenvalue weighted by atomic mass is 10.3. The highest BCUT2D eigenvalue weighted by atomic mass is 16.4. The van der Waals surface area contributed by atoms with Crippen LogP contribution in [0, 0.1) is 0 Å². The van der Waals surface area contributed by atoms with Gasteiger partial charge in [0.1, 0.15) is 6.54 Å². The van der Waals surface area contributed by atoms with E-state index in [0.29, 0.717) is 13.1 Å². The van der Waals surface area contributed by atoms with E-state index < -0.39 is 5.97 Å². The largest absolute Gasteiger partial charge is 0.480 e. The van der Waals surface area contributed by atoms with E-state index in [1.165, 1.54) is 4.90 Å². The minimum atomic E-state index is -0.991. The van der Waals surface area contributed by atoms with Crippen LogP contribution >= 0.6 is 0 Å². The predicted octanol–water partition coefficient (Wildman–Crippen LogP) is 0.443. The molecule has 0 heterocycles. The summed E-state index contributed by atoms with van der Waals surface area (Å²) < 4.78 is 0. The molecule has 0 fully saturated rings. The topological polar surface area (TPSA) is 72.9 Å². The molecule has 0 aliphatic rings. The van der Waals surface area contributed by atoms with Gasteiger partial charge >= 0.3 is 12.0 Å². The molecule has 0 saturated heterocycles. The number of hydrogen-bond donors (Lipinski definition) is 2. The molecule has 0 spiro atoms. The third kappa shape index (κ3) is 6.78. The van der Waals surface area contributed by atoms with Crippen LogP contribution < -0.4 is 5.32 Å². The van der Waals surface area contributed by atoms with Gasteiger partial charge in [0.25, 0.3) is 0 Å². The number of rotatable bonds is 7. The van der Waals surface area contributed by atoms with Gasteiger partial charge < -0.3 is 20.2 Å². The van der Waals surface area contributed by atoms with Crippen LogP contribution in [-0.4, -0.2) is 66.7 Å². The number of aliphatic carboxylic acids is 1. The van der Waals surface area contributed by atoms with Crippen LogP contribution in [0.4, 0.5) is 4.79 Å². The Hall–Kier alpha value is -1.30. The van der Waals surface area contributed by atoms with Gasteiger partial charge in [0.2, 0.25) is 0 Å². The summed E-state index contributed by atoms with van der Waals surface area (Å²) >= 11 is 0. The van der Waals surface area contributed by atoms with Crippen molar-refractivity contribution >= 4 is 12.0 Å². The highest BCUT2D eigenvalue weighted by molar-refractivity contribution is 5.80. The van der Waals surface area contributed by atoms with Gasteiger partial charge in [0.15, 0.2) is 0 Å². The van der Waals surface area contributed by atoms with Gasteiger partial charge in [0.05, 0.1) is 0 Å². The van der Waals surface area contributed by atoms with E-state index in [1.54, 1.807) is 0 Å². The number of urea groups is 1. The molecule has 0 aliphatic carbocycles. The normalized spacial score (nSPS) is 12.3. The summed E-state index contributed by atoms with van der Waals surface area (Å²) in [5.41, 5.74) is 0. The number of hydrogen-bond acceptors (Lipinski definition) is 3. The van der Waals surface area contributed by atoms with E-state index in [4.69, 9.17) is 5.11 Å². The molecule has 0 aromatic rings. The average molecular weight is 245 g/mol. The SMILES string of the molecule is CCCN(CC(=O)O)C(=O)NCC(C)N(C)C. The number of carboxylic acids is 1. The maximum atomic E-state index is 11.7. The summed E-state index contributed by atoms with van der Waals surface area (Å²) in [4.78, 5) is 25.6. The molecule has 2 amide bonds. The van der Waals surface area contributed by atoms with Crippen LogP contribution in [0.2, 0.25) is 0 Å². The Morgan fingerprint density at radius 3 is 2.35 bits per heavy atom. The third-order valence-corrected chi connectivity index (χ3v) is 2.54. The number of carbonyl (C=O) groups is 2. The minimum absolute atomic E-state index is 0.215. The first kappa shape index (κ1) is 15.7. The van der Waals surface area contributed by atoms with Crippen molar-refractivity contribution in [3.8, 4) is 0 Å². The Balaban J connectivity index is 4.18. The van der Waals surface area contributed by atoms with Crippen molar-refractivity contribution in [1.82, 2.24) is 15.1 Å². The maximum Gasteiger partial charge on any atom is 0.323 e. The zero-order valence-corrected chi connectivity index (χ0v) is 11.1. The molecule has 1 unspecified atom stereocenters. The van der Waals surface area contributed by atoms with Crippen LogP contribution in [-0.2, 0) is 4.79 Å². The second-order valence-corrected chi connectivity index (χ2v) is 4.31. The Morgan fingerprint density at radius 1 is 1.35 bits per heavy atom. The van der Waals surface area contributed by atoms with Crippen molar-refractivity contribution in [3.63, 3.8) is 0 Å². The second kappa shape index (κ2) is 7.89. The molecular formula is C11H23N3O3. The Bertz CT molecular complexity index is 256. The van der Waals surface area contributed by atoms with Crippen molar-refractivity contribution in [2.45, 2.75) is 26.3 Å². The molecule has 1 atom stereocenters. The van der Waals surface area contributed by atoms with E-state index in [0.717, 1.165) is 6.42 Å². The van der Waals surface area contributed by atoms with E-state index in [2.05, 4.69) is 5.32 Å². The molecule has 0 bridgehead atoms. The third-order valence-electron chi connectivity index (χ3n) is 2.54. The van der Waals surface area contributed by atoms with Crippen molar-refractivity contribution < 1.29 is 14.7 Å². The number of carbonyl (C=O) groups excluding carboxylic acids is 1. The first-order valence-electron chi connectivity index (χ1n) is 5.79. The van der Waals surface area contributed by atoms with E-state index >= 15 is 0 Å². The summed E-state index contributed by atoms with van der Waals surface area (Å²) in [6.07, 6.45) is 0.740. The van der Waals surface area contributed by atoms with Gasteiger partial charge in [0, 0.05) is 19.1 Å². The van der Waals surface area contributed by atoms with Gasteiger partial charge in [-0.15, -0.1) is 0 Å². The number of nitrogens with one attached hydrogen (secondary N) is 1. The van der Waals surface area contributed by atoms with Crippen LogP contribution in [0.25, 0.3) is 0 Å². The van der Waals surface area contributed by atoms with Crippen LogP contribution in [0.1, 0.15) is 20.3 Å². The molecule has 6 nitrogen and oxygen atoms in total. The number of nitrogens with zero attached hydrogens (tertiary/aromatic N) is 2. The quantitative estimate of drug-likeness (QED) is 0.683. The van der Waals surface area contributed by atoms with Crippen LogP contribution in [0.15, 0.2) is 0 Å². The predicted molar refractivity (Wildman–Crippen MR) is 66.0 cm³/mol. The molecule has 0 aliphatic heterocycles. The van der Waals surface area contributed by atoms with Crippen LogP contribution in [0.3, 0.4) is 0 Å². The highest BCUT2D eigenvalue weighted by Crippen LogP contribution is 1.94. The van der Waals surface area contributed by atoms with Gasteiger partial charge in [-0.25, -0.2) is 4.79 Å². The van der Waals surface area contributed by atoms with Gasteiger partial charge in [-0.05, 0) is 27.4 Å². The molecule has 100 valence electrons. The summed E-state index contributed by atoms with van der Waals surface area (Å²) in [5.74, 6) is -0.991. The molecule has 2 N–H and O–H groups in total. The lowest BCUT2D eigenvalue weighted by molar-refractivity contribution is -0.137. The fourth-order valence-corrected chi connectivity index (χ4v) is 1.21. The fraction of sp³-hybridized carbons (Fsp3) is 0.818. The molecular weight excluding hydrogens is 222 g/mol. The molecule has 0 rings (SSSR count). The summed E-state index contributed by atoms with van der Waals surface area (Å²) in [6, 6.07) is -0.102. The smallest absolute Gasteiger partial charge is 0.323 e. The van der Waals surface area contributed by atoms with Gasteiger partial charge in [-0.2, -0.15) is 0 Å². The molecule has 6 heteroatoms. The molecule has 0 aromatic heterocycles. The number of amides is 2. The summed E-state index contributed by atoms with van der Waals surface area (Å²) in [7, 11) is 3.86. The Kier molecular flexibility index (Phi) is 7.29. The lowest BCUT2D eigenvalue weighted by Crippen LogP contribution is -2.46. The second-order valence-electron chi connectivity index (χ2n) is 4.31. The van der Waals surface area contributed by atoms with E-state index in [9.17, 15) is 9.59 Å². The molecule has 0 aromatic carbocycles. The van der Waals surface area contributed by atoms with Crippen molar-refractivity contribution in [2.24, 2.45) is 0 Å². The minimum Gasteiger partial charge on any atom is -0.480 e. The number of likely N-dealkylation sites (N-methyl/N-ethyl adjacent to an activating group) is 1. The van der Waals surface area contributed by atoms with Crippen molar-refractivity contribution in [1.29, 1.82) is 0 Å². The molecule has 0 radical (unpaired) electrons. The standard InChI is InChI=1S/C11H23N3O3/c1-5-6-14(8-10(15)16)11(17)12-7-9(2)13(3)4/h9H,5-8H2,1-4H3,(H,12,17)(H,15,16). The number of carboxylic acid groups (broad SMARTS) is 1. The molecule has 0 saturated carbocycles. The maximum absolute atomic E-state index is 11.7. The fourth-order valence-electron chi connectivity index (χ4n) is 1.21.